The highest BCUT2D eigenvalue weighted by Crippen LogP contribution is 2.35. The molecule has 0 bridgehead atoms. The summed E-state index contributed by atoms with van der Waals surface area (Å²) in [6.07, 6.45) is 2.51. The summed E-state index contributed by atoms with van der Waals surface area (Å²) in [6.45, 7) is 9.25. The number of pyridine rings is 1. The van der Waals surface area contributed by atoms with E-state index < -0.39 is 0 Å². The molecule has 1 aromatic heterocycles. The number of hydrogen-bond acceptors (Lipinski definition) is 3. The molecule has 0 aliphatic rings. The van der Waals surface area contributed by atoms with Gasteiger partial charge in [0.25, 0.3) is 0 Å². The zero-order chi connectivity index (χ0) is 15.5. The largest absolute Gasteiger partial charge is 0.438 e. The van der Waals surface area contributed by atoms with Gasteiger partial charge >= 0.3 is 0 Å². The summed E-state index contributed by atoms with van der Waals surface area (Å²) >= 11 is 0. The van der Waals surface area contributed by atoms with Gasteiger partial charge in [0.2, 0.25) is 5.88 Å². The smallest absolute Gasteiger partial charge is 0.222 e. The van der Waals surface area contributed by atoms with E-state index in [9.17, 15) is 0 Å². The maximum Gasteiger partial charge on any atom is 0.222 e. The first-order chi connectivity index (χ1) is 9.91. The molecule has 112 valence electrons. The SMILES string of the molecule is Cc1ccc(Oc2ncccc2CCN)c(C(C)(C)C)c1. The summed E-state index contributed by atoms with van der Waals surface area (Å²) in [5.41, 5.74) is 9.14. The third-order valence-electron chi connectivity index (χ3n) is 3.41. The monoisotopic (exact) mass is 284 g/mol. The lowest BCUT2D eigenvalue weighted by Crippen LogP contribution is -2.13. The first-order valence-corrected chi connectivity index (χ1v) is 7.35. The average molecular weight is 284 g/mol. The summed E-state index contributed by atoms with van der Waals surface area (Å²) in [5, 5.41) is 0. The minimum atomic E-state index is 0.0180. The van der Waals surface area contributed by atoms with Crippen molar-refractivity contribution in [2.75, 3.05) is 6.54 Å². The Morgan fingerprint density at radius 2 is 1.95 bits per heavy atom. The first kappa shape index (κ1) is 15.5. The summed E-state index contributed by atoms with van der Waals surface area (Å²) in [5.74, 6) is 1.52. The summed E-state index contributed by atoms with van der Waals surface area (Å²) in [7, 11) is 0. The van der Waals surface area contributed by atoms with Crippen molar-refractivity contribution in [3.05, 3.63) is 53.2 Å². The number of rotatable bonds is 4. The van der Waals surface area contributed by atoms with Crippen LogP contribution in [0.15, 0.2) is 36.5 Å². The summed E-state index contributed by atoms with van der Waals surface area (Å²) < 4.78 is 6.11. The molecule has 0 atom stereocenters. The molecule has 0 radical (unpaired) electrons. The Labute approximate surface area is 127 Å². The molecule has 0 saturated heterocycles. The van der Waals surface area contributed by atoms with Crippen LogP contribution in [0, 0.1) is 6.92 Å². The molecule has 21 heavy (non-hydrogen) atoms. The van der Waals surface area contributed by atoms with E-state index in [4.69, 9.17) is 10.5 Å². The van der Waals surface area contributed by atoms with Gasteiger partial charge in [0.15, 0.2) is 0 Å². The van der Waals surface area contributed by atoms with Gasteiger partial charge in [-0.1, -0.05) is 44.5 Å². The fraction of sp³-hybridized carbons (Fsp3) is 0.389. The predicted octanol–water partition coefficient (Wildman–Crippen LogP) is 3.98. The Morgan fingerprint density at radius 3 is 2.62 bits per heavy atom. The fourth-order valence-corrected chi connectivity index (χ4v) is 2.28. The Morgan fingerprint density at radius 1 is 1.19 bits per heavy atom. The fourth-order valence-electron chi connectivity index (χ4n) is 2.28. The maximum atomic E-state index is 6.11. The third kappa shape index (κ3) is 3.82. The molecule has 0 saturated carbocycles. The van der Waals surface area contributed by atoms with Crippen molar-refractivity contribution < 1.29 is 4.74 Å². The quantitative estimate of drug-likeness (QED) is 0.923. The van der Waals surface area contributed by atoms with Crippen LogP contribution < -0.4 is 10.5 Å². The van der Waals surface area contributed by atoms with Crippen molar-refractivity contribution in [1.82, 2.24) is 4.98 Å². The van der Waals surface area contributed by atoms with Crippen molar-refractivity contribution in [2.24, 2.45) is 5.73 Å². The van der Waals surface area contributed by atoms with Gasteiger partial charge in [-0.15, -0.1) is 0 Å². The second-order valence-electron chi connectivity index (χ2n) is 6.36. The predicted molar refractivity (Wildman–Crippen MR) is 86.9 cm³/mol. The average Bonchev–Trinajstić information content (AvgIpc) is 2.42. The van der Waals surface area contributed by atoms with Gasteiger partial charge in [-0.05, 0) is 37.4 Å². The van der Waals surface area contributed by atoms with Crippen LogP contribution in [0.25, 0.3) is 0 Å². The normalized spacial score (nSPS) is 11.5. The van der Waals surface area contributed by atoms with E-state index in [2.05, 4.69) is 44.8 Å². The molecule has 0 spiro atoms. The maximum absolute atomic E-state index is 6.11. The number of aromatic nitrogens is 1. The van der Waals surface area contributed by atoms with Crippen molar-refractivity contribution in [3.63, 3.8) is 0 Å². The van der Waals surface area contributed by atoms with Crippen LogP contribution in [0.2, 0.25) is 0 Å². The minimum absolute atomic E-state index is 0.0180. The lowest BCUT2D eigenvalue weighted by Gasteiger charge is -2.23. The zero-order valence-corrected chi connectivity index (χ0v) is 13.3. The van der Waals surface area contributed by atoms with Crippen LogP contribution in [-0.4, -0.2) is 11.5 Å². The van der Waals surface area contributed by atoms with Crippen LogP contribution in [-0.2, 0) is 11.8 Å². The lowest BCUT2D eigenvalue weighted by molar-refractivity contribution is 0.434. The number of benzene rings is 1. The van der Waals surface area contributed by atoms with Crippen LogP contribution in [0.1, 0.15) is 37.5 Å². The van der Waals surface area contributed by atoms with E-state index in [0.29, 0.717) is 12.4 Å². The van der Waals surface area contributed by atoms with Crippen molar-refractivity contribution in [1.29, 1.82) is 0 Å². The molecule has 2 aromatic rings. The molecule has 0 aliphatic heterocycles. The highest BCUT2D eigenvalue weighted by atomic mass is 16.5. The van der Waals surface area contributed by atoms with Crippen molar-refractivity contribution >= 4 is 0 Å². The first-order valence-electron chi connectivity index (χ1n) is 7.35. The molecule has 3 nitrogen and oxygen atoms in total. The second-order valence-corrected chi connectivity index (χ2v) is 6.36. The standard InChI is InChI=1S/C18H24N2O/c1-13-7-8-16(15(12-13)18(2,3)4)21-17-14(9-10-19)6-5-11-20-17/h5-8,11-12H,9-10,19H2,1-4H3. The van der Waals surface area contributed by atoms with E-state index in [0.717, 1.165) is 17.7 Å². The molecule has 1 heterocycles. The van der Waals surface area contributed by atoms with Gasteiger partial charge in [0, 0.05) is 17.3 Å². The molecular weight excluding hydrogens is 260 g/mol. The van der Waals surface area contributed by atoms with Crippen molar-refractivity contribution in [2.45, 2.75) is 39.5 Å². The van der Waals surface area contributed by atoms with Gasteiger partial charge in [-0.25, -0.2) is 4.98 Å². The Balaban J connectivity index is 2.41. The molecule has 2 rings (SSSR count). The Kier molecular flexibility index (Phi) is 4.63. The Hall–Kier alpha value is -1.87. The molecule has 0 fully saturated rings. The van der Waals surface area contributed by atoms with Gasteiger partial charge < -0.3 is 10.5 Å². The van der Waals surface area contributed by atoms with Crippen LogP contribution >= 0.6 is 0 Å². The second kappa shape index (κ2) is 6.27. The summed E-state index contributed by atoms with van der Waals surface area (Å²) in [4.78, 5) is 4.36. The molecular formula is C18H24N2O. The van der Waals surface area contributed by atoms with E-state index in [1.165, 1.54) is 11.1 Å². The molecule has 0 unspecified atom stereocenters. The third-order valence-corrected chi connectivity index (χ3v) is 3.41. The number of nitrogens with zero attached hydrogens (tertiary/aromatic N) is 1. The number of nitrogens with two attached hydrogens (primary N) is 1. The zero-order valence-electron chi connectivity index (χ0n) is 13.3. The van der Waals surface area contributed by atoms with Crippen LogP contribution in [0.4, 0.5) is 0 Å². The number of hydrogen-bond donors (Lipinski definition) is 1. The van der Waals surface area contributed by atoms with Gasteiger partial charge in [-0.3, -0.25) is 0 Å². The molecule has 2 N–H and O–H groups in total. The highest BCUT2D eigenvalue weighted by Gasteiger charge is 2.20. The van der Waals surface area contributed by atoms with E-state index >= 15 is 0 Å². The lowest BCUT2D eigenvalue weighted by atomic mass is 9.85. The summed E-state index contributed by atoms with van der Waals surface area (Å²) in [6, 6.07) is 10.2. The molecule has 0 amide bonds. The molecule has 1 aromatic carbocycles. The van der Waals surface area contributed by atoms with Gasteiger partial charge in [0.05, 0.1) is 0 Å². The number of ether oxygens (including phenoxy) is 1. The minimum Gasteiger partial charge on any atom is -0.438 e. The van der Waals surface area contributed by atoms with Gasteiger partial charge in [-0.2, -0.15) is 0 Å². The van der Waals surface area contributed by atoms with Crippen LogP contribution in [0.5, 0.6) is 11.6 Å². The van der Waals surface area contributed by atoms with Crippen LogP contribution in [0.3, 0.4) is 0 Å². The molecule has 0 aliphatic carbocycles. The van der Waals surface area contributed by atoms with E-state index in [1.54, 1.807) is 6.20 Å². The topological polar surface area (TPSA) is 48.1 Å². The Bertz CT molecular complexity index is 615. The highest BCUT2D eigenvalue weighted by molar-refractivity contribution is 5.44. The van der Waals surface area contributed by atoms with Gasteiger partial charge in [0.1, 0.15) is 5.75 Å². The number of aryl methyl sites for hydroxylation is 1. The van der Waals surface area contributed by atoms with E-state index in [1.807, 2.05) is 18.2 Å². The molecule has 3 heteroatoms. The van der Waals surface area contributed by atoms with Crippen molar-refractivity contribution in [3.8, 4) is 11.6 Å². The van der Waals surface area contributed by atoms with E-state index in [-0.39, 0.29) is 5.41 Å².